The van der Waals surface area contributed by atoms with Crippen LogP contribution in [0, 0.1) is 5.82 Å². The zero-order valence-electron chi connectivity index (χ0n) is 16.8. The number of halogens is 1. The van der Waals surface area contributed by atoms with Crippen LogP contribution < -0.4 is 15.4 Å². The van der Waals surface area contributed by atoms with Crippen LogP contribution in [0.3, 0.4) is 0 Å². The SMILES string of the molecule is O=C(Nc1ccccc1F)N[C@H]1CC[C@H](CCNS(=O)(=O)c2ccccc2)O[C@@H]1CO. The average Bonchev–Trinajstić information content (AvgIpc) is 2.77. The first-order valence-corrected chi connectivity index (χ1v) is 11.5. The number of hydrogen-bond acceptors (Lipinski definition) is 5. The van der Waals surface area contributed by atoms with Gasteiger partial charge in [0.05, 0.1) is 29.3 Å². The Morgan fingerprint density at radius 2 is 1.81 bits per heavy atom. The molecule has 0 aromatic heterocycles. The number of amides is 2. The number of carbonyl (C=O) groups is 1. The second-order valence-corrected chi connectivity index (χ2v) is 9.01. The number of para-hydroxylation sites is 1. The summed E-state index contributed by atoms with van der Waals surface area (Å²) in [5.74, 6) is -0.547. The van der Waals surface area contributed by atoms with Crippen LogP contribution in [-0.2, 0) is 14.8 Å². The minimum Gasteiger partial charge on any atom is -0.394 e. The van der Waals surface area contributed by atoms with Crippen molar-refractivity contribution in [2.45, 2.75) is 42.4 Å². The number of urea groups is 1. The fourth-order valence-electron chi connectivity index (χ4n) is 3.44. The van der Waals surface area contributed by atoms with E-state index in [9.17, 15) is 22.7 Å². The van der Waals surface area contributed by atoms with Crippen LogP contribution in [0.4, 0.5) is 14.9 Å². The lowest BCUT2D eigenvalue weighted by atomic mass is 9.97. The molecule has 0 saturated carbocycles. The van der Waals surface area contributed by atoms with Crippen molar-refractivity contribution in [1.29, 1.82) is 0 Å². The number of benzene rings is 2. The lowest BCUT2D eigenvalue weighted by molar-refractivity contribution is -0.0884. The first-order chi connectivity index (χ1) is 14.9. The van der Waals surface area contributed by atoms with Crippen molar-refractivity contribution >= 4 is 21.7 Å². The highest BCUT2D eigenvalue weighted by Crippen LogP contribution is 2.22. The van der Waals surface area contributed by atoms with Crippen LogP contribution in [0.1, 0.15) is 19.3 Å². The van der Waals surface area contributed by atoms with Gasteiger partial charge in [-0.15, -0.1) is 0 Å². The Morgan fingerprint density at radius 3 is 2.52 bits per heavy atom. The van der Waals surface area contributed by atoms with Gasteiger partial charge in [0.25, 0.3) is 0 Å². The predicted molar refractivity (Wildman–Crippen MR) is 114 cm³/mol. The standard InChI is InChI=1S/C21H26FN3O5S/c22-17-8-4-5-9-18(17)24-21(27)25-19-11-10-15(30-20(19)14-26)12-13-23-31(28,29)16-6-2-1-3-7-16/h1-9,15,19-20,23,26H,10-14H2,(H2,24,25,27)/t15-,19+,20-/m1/s1. The van der Waals surface area contributed by atoms with Crippen molar-refractivity contribution in [1.82, 2.24) is 10.0 Å². The topological polar surface area (TPSA) is 117 Å². The highest BCUT2D eigenvalue weighted by molar-refractivity contribution is 7.89. The van der Waals surface area contributed by atoms with Gasteiger partial charge in [0.2, 0.25) is 10.0 Å². The first-order valence-electron chi connectivity index (χ1n) is 10.0. The third-order valence-electron chi connectivity index (χ3n) is 5.05. The fraction of sp³-hybridized carbons (Fsp3) is 0.381. The molecule has 0 aliphatic carbocycles. The van der Waals surface area contributed by atoms with E-state index in [0.29, 0.717) is 19.3 Å². The molecule has 4 N–H and O–H groups in total. The predicted octanol–water partition coefficient (Wildman–Crippen LogP) is 2.22. The van der Waals surface area contributed by atoms with Gasteiger partial charge >= 0.3 is 6.03 Å². The van der Waals surface area contributed by atoms with Gasteiger partial charge in [0.15, 0.2) is 0 Å². The molecule has 2 aromatic rings. The molecule has 2 amide bonds. The highest BCUT2D eigenvalue weighted by atomic mass is 32.2. The number of aliphatic hydroxyl groups is 1. The zero-order chi connectivity index (χ0) is 22.3. The highest BCUT2D eigenvalue weighted by Gasteiger charge is 2.32. The molecule has 10 heteroatoms. The number of carbonyl (C=O) groups excluding carboxylic acids is 1. The molecule has 1 heterocycles. The number of nitrogens with one attached hydrogen (secondary N) is 3. The molecule has 8 nitrogen and oxygen atoms in total. The lowest BCUT2D eigenvalue weighted by Gasteiger charge is -2.36. The quantitative estimate of drug-likeness (QED) is 0.491. The molecule has 0 unspecified atom stereocenters. The molecular weight excluding hydrogens is 425 g/mol. The summed E-state index contributed by atoms with van der Waals surface area (Å²) in [6.07, 6.45) is 0.635. The third kappa shape index (κ3) is 6.47. The van der Waals surface area contributed by atoms with E-state index in [1.807, 2.05) is 0 Å². The van der Waals surface area contributed by atoms with Gasteiger partial charge in [-0.2, -0.15) is 0 Å². The van der Waals surface area contributed by atoms with Crippen LogP contribution in [0.2, 0.25) is 0 Å². The van der Waals surface area contributed by atoms with Gasteiger partial charge in [-0.1, -0.05) is 30.3 Å². The third-order valence-corrected chi connectivity index (χ3v) is 6.52. The lowest BCUT2D eigenvalue weighted by Crippen LogP contribution is -2.52. The van der Waals surface area contributed by atoms with Crippen molar-refractivity contribution in [3.05, 3.63) is 60.4 Å². The minimum atomic E-state index is -3.59. The van der Waals surface area contributed by atoms with Gasteiger partial charge < -0.3 is 20.5 Å². The molecule has 0 spiro atoms. The summed E-state index contributed by atoms with van der Waals surface area (Å²) in [4.78, 5) is 12.4. The molecule has 1 fully saturated rings. The second kappa shape index (κ2) is 10.7. The Bertz CT molecular complexity index is 974. The molecule has 2 aromatic carbocycles. The molecular formula is C21H26FN3O5S. The molecule has 0 radical (unpaired) electrons. The number of sulfonamides is 1. The summed E-state index contributed by atoms with van der Waals surface area (Å²) >= 11 is 0. The van der Waals surface area contributed by atoms with Gasteiger partial charge in [-0.05, 0) is 43.5 Å². The summed E-state index contributed by atoms with van der Waals surface area (Å²) in [5, 5.41) is 14.8. The van der Waals surface area contributed by atoms with Gasteiger partial charge in [0.1, 0.15) is 11.9 Å². The average molecular weight is 452 g/mol. The molecule has 31 heavy (non-hydrogen) atoms. The van der Waals surface area contributed by atoms with Gasteiger partial charge in [0, 0.05) is 6.54 Å². The largest absolute Gasteiger partial charge is 0.394 e. The van der Waals surface area contributed by atoms with Crippen molar-refractivity contribution in [3.63, 3.8) is 0 Å². The Kier molecular flexibility index (Phi) is 7.97. The van der Waals surface area contributed by atoms with E-state index in [0.717, 1.165) is 0 Å². The van der Waals surface area contributed by atoms with E-state index in [-0.39, 0.29) is 29.8 Å². The smallest absolute Gasteiger partial charge is 0.319 e. The van der Waals surface area contributed by atoms with Crippen LogP contribution in [-0.4, -0.2) is 51.0 Å². The number of hydrogen-bond donors (Lipinski definition) is 4. The van der Waals surface area contributed by atoms with Crippen LogP contribution in [0.5, 0.6) is 0 Å². The molecule has 0 bridgehead atoms. The van der Waals surface area contributed by atoms with E-state index < -0.39 is 34.0 Å². The second-order valence-electron chi connectivity index (χ2n) is 7.24. The van der Waals surface area contributed by atoms with Gasteiger partial charge in [-0.3, -0.25) is 0 Å². The van der Waals surface area contributed by atoms with Crippen molar-refractivity contribution in [2.75, 3.05) is 18.5 Å². The summed E-state index contributed by atoms with van der Waals surface area (Å²) in [6, 6.07) is 12.9. The molecule has 3 rings (SSSR count). The summed E-state index contributed by atoms with van der Waals surface area (Å²) in [7, 11) is -3.59. The van der Waals surface area contributed by atoms with E-state index in [1.54, 1.807) is 24.3 Å². The first kappa shape index (κ1) is 23.1. The van der Waals surface area contributed by atoms with Crippen molar-refractivity contribution < 1.29 is 27.4 Å². The molecule has 3 atom stereocenters. The summed E-state index contributed by atoms with van der Waals surface area (Å²) in [5.41, 5.74) is 0.0563. The monoisotopic (exact) mass is 451 g/mol. The Hall–Kier alpha value is -2.53. The summed E-state index contributed by atoms with van der Waals surface area (Å²) in [6.45, 7) is -0.122. The zero-order valence-corrected chi connectivity index (χ0v) is 17.6. The minimum absolute atomic E-state index is 0.0563. The maximum Gasteiger partial charge on any atom is 0.319 e. The summed E-state index contributed by atoms with van der Waals surface area (Å²) < 4.78 is 46.6. The maximum atomic E-state index is 13.7. The van der Waals surface area contributed by atoms with Crippen LogP contribution in [0.15, 0.2) is 59.5 Å². The molecule has 1 saturated heterocycles. The molecule has 168 valence electrons. The van der Waals surface area contributed by atoms with Crippen LogP contribution in [0.25, 0.3) is 0 Å². The number of ether oxygens (including phenoxy) is 1. The fourth-order valence-corrected chi connectivity index (χ4v) is 4.50. The van der Waals surface area contributed by atoms with Crippen LogP contribution >= 0.6 is 0 Å². The Balaban J connectivity index is 1.47. The maximum absolute atomic E-state index is 13.7. The van der Waals surface area contributed by atoms with E-state index in [4.69, 9.17) is 4.74 Å². The Morgan fingerprint density at radius 1 is 1.10 bits per heavy atom. The van der Waals surface area contributed by atoms with E-state index in [2.05, 4.69) is 15.4 Å². The van der Waals surface area contributed by atoms with Gasteiger partial charge in [-0.25, -0.2) is 22.3 Å². The number of anilines is 1. The normalized spacial score (nSPS) is 21.4. The van der Waals surface area contributed by atoms with E-state index in [1.165, 1.54) is 30.3 Å². The van der Waals surface area contributed by atoms with Crippen molar-refractivity contribution in [2.24, 2.45) is 0 Å². The molecule has 1 aliphatic heterocycles. The number of rotatable bonds is 8. The molecule has 1 aliphatic rings. The number of aliphatic hydroxyl groups excluding tert-OH is 1. The van der Waals surface area contributed by atoms with Crippen molar-refractivity contribution in [3.8, 4) is 0 Å². The Labute approximate surface area is 180 Å². The van der Waals surface area contributed by atoms with E-state index >= 15 is 0 Å².